The summed E-state index contributed by atoms with van der Waals surface area (Å²) in [5.41, 5.74) is 4.21. The van der Waals surface area contributed by atoms with E-state index in [1.807, 2.05) is 12.1 Å². The second-order valence-corrected chi connectivity index (χ2v) is 4.03. The lowest BCUT2D eigenvalue weighted by Gasteiger charge is -2.24. The molecule has 0 aliphatic carbocycles. The molecule has 1 heterocycles. The van der Waals surface area contributed by atoms with Gasteiger partial charge in [0.1, 0.15) is 0 Å². The van der Waals surface area contributed by atoms with Gasteiger partial charge in [0.15, 0.2) is 0 Å². The van der Waals surface area contributed by atoms with Crippen LogP contribution in [-0.2, 0) is 4.79 Å². The fraction of sp³-hybridized carbons (Fsp3) is 0.0833. The highest BCUT2D eigenvalue weighted by molar-refractivity contribution is 6.30. The molecule has 1 aromatic rings. The molecule has 0 atom stereocenters. The highest BCUT2D eigenvalue weighted by Crippen LogP contribution is 2.17. The van der Waals surface area contributed by atoms with Gasteiger partial charge in [-0.05, 0) is 30.4 Å². The van der Waals surface area contributed by atoms with E-state index in [0.29, 0.717) is 17.1 Å². The Balaban J connectivity index is 2.05. The molecule has 1 aliphatic rings. The van der Waals surface area contributed by atoms with E-state index in [9.17, 15) is 4.79 Å². The lowest BCUT2D eigenvalue weighted by molar-refractivity contribution is -0.132. The van der Waals surface area contributed by atoms with Crippen molar-refractivity contribution in [2.75, 3.05) is 12.0 Å². The fourth-order valence-electron chi connectivity index (χ4n) is 1.49. The predicted molar refractivity (Wildman–Crippen MR) is 66.6 cm³/mol. The number of nitrogens with zero attached hydrogens (tertiary/aromatic N) is 1. The van der Waals surface area contributed by atoms with Gasteiger partial charge in [-0.15, -0.1) is 0 Å². The molecule has 88 valence electrons. The standard InChI is InChI=1S/C12H11ClN2O2/c13-10-4-1-5-11(7-10)14-15-6-2-3-9(8-15)12(16)17/h1-7,14H,8H2,(H,16,17). The van der Waals surface area contributed by atoms with Crippen LogP contribution in [0.3, 0.4) is 0 Å². The zero-order valence-corrected chi connectivity index (χ0v) is 9.69. The van der Waals surface area contributed by atoms with E-state index in [-0.39, 0.29) is 0 Å². The van der Waals surface area contributed by atoms with Gasteiger partial charge in [-0.3, -0.25) is 10.4 Å². The molecule has 0 spiro atoms. The Kier molecular flexibility index (Phi) is 3.35. The van der Waals surface area contributed by atoms with Crippen molar-refractivity contribution < 1.29 is 9.90 Å². The summed E-state index contributed by atoms with van der Waals surface area (Å²) < 4.78 is 0. The minimum absolute atomic E-state index is 0.304. The summed E-state index contributed by atoms with van der Waals surface area (Å²) in [6.07, 6.45) is 5.04. The second kappa shape index (κ2) is 4.93. The number of rotatable bonds is 3. The largest absolute Gasteiger partial charge is 0.478 e. The van der Waals surface area contributed by atoms with Crippen molar-refractivity contribution in [2.45, 2.75) is 0 Å². The van der Waals surface area contributed by atoms with Gasteiger partial charge in [0.05, 0.1) is 17.8 Å². The first-order chi connectivity index (χ1) is 8.15. The van der Waals surface area contributed by atoms with Crippen molar-refractivity contribution in [1.82, 2.24) is 5.01 Å². The van der Waals surface area contributed by atoms with Crippen LogP contribution in [0.5, 0.6) is 0 Å². The van der Waals surface area contributed by atoms with E-state index in [1.54, 1.807) is 35.5 Å². The maximum absolute atomic E-state index is 10.8. The summed E-state index contributed by atoms with van der Waals surface area (Å²) in [5, 5.41) is 11.2. The zero-order valence-electron chi connectivity index (χ0n) is 8.93. The molecule has 2 rings (SSSR count). The van der Waals surface area contributed by atoms with E-state index in [0.717, 1.165) is 5.69 Å². The molecule has 1 aromatic carbocycles. The van der Waals surface area contributed by atoms with E-state index < -0.39 is 5.97 Å². The van der Waals surface area contributed by atoms with E-state index in [4.69, 9.17) is 16.7 Å². The number of benzene rings is 1. The van der Waals surface area contributed by atoms with Gasteiger partial charge in [-0.2, -0.15) is 0 Å². The maximum Gasteiger partial charge on any atom is 0.333 e. The van der Waals surface area contributed by atoms with Crippen LogP contribution in [0.2, 0.25) is 5.02 Å². The third kappa shape index (κ3) is 3.01. The van der Waals surface area contributed by atoms with Crippen molar-refractivity contribution in [1.29, 1.82) is 0 Å². The van der Waals surface area contributed by atoms with E-state index in [1.165, 1.54) is 0 Å². The van der Waals surface area contributed by atoms with Crippen LogP contribution in [0.15, 0.2) is 48.2 Å². The Labute approximate surface area is 104 Å². The summed E-state index contributed by atoms with van der Waals surface area (Å²) in [5.74, 6) is -0.910. The average Bonchev–Trinajstić information content (AvgIpc) is 2.29. The summed E-state index contributed by atoms with van der Waals surface area (Å²) in [6.45, 7) is 0.304. The molecule has 1 aliphatic heterocycles. The van der Waals surface area contributed by atoms with Crippen LogP contribution in [0.25, 0.3) is 0 Å². The van der Waals surface area contributed by atoms with Gasteiger partial charge in [0.2, 0.25) is 0 Å². The number of carboxylic acid groups (broad SMARTS) is 1. The molecule has 4 nitrogen and oxygen atoms in total. The summed E-state index contributed by atoms with van der Waals surface area (Å²) in [4.78, 5) is 10.8. The van der Waals surface area contributed by atoms with Crippen molar-refractivity contribution in [3.8, 4) is 0 Å². The smallest absolute Gasteiger partial charge is 0.333 e. The Hall–Kier alpha value is -1.94. The molecule has 5 heteroatoms. The molecule has 2 N–H and O–H groups in total. The molecule has 0 unspecified atom stereocenters. The lowest BCUT2D eigenvalue weighted by atomic mass is 10.2. The highest BCUT2D eigenvalue weighted by atomic mass is 35.5. The Bertz CT molecular complexity index is 497. The SMILES string of the molecule is O=C(O)C1=CC=CN(Nc2cccc(Cl)c2)C1. The highest BCUT2D eigenvalue weighted by Gasteiger charge is 2.13. The molecule has 0 bridgehead atoms. The predicted octanol–water partition coefficient (Wildman–Crippen LogP) is 2.51. The Morgan fingerprint density at radius 1 is 1.47 bits per heavy atom. The monoisotopic (exact) mass is 250 g/mol. The zero-order chi connectivity index (χ0) is 12.3. The molecule has 0 fully saturated rings. The molecule has 0 amide bonds. The molecule has 0 saturated carbocycles. The number of hydrogen-bond donors (Lipinski definition) is 2. The van der Waals surface area contributed by atoms with Crippen molar-refractivity contribution in [3.63, 3.8) is 0 Å². The van der Waals surface area contributed by atoms with Gasteiger partial charge in [0.25, 0.3) is 0 Å². The minimum atomic E-state index is -0.910. The van der Waals surface area contributed by atoms with Crippen LogP contribution in [0, 0.1) is 0 Å². The van der Waals surface area contributed by atoms with E-state index in [2.05, 4.69) is 5.43 Å². The molecular formula is C12H11ClN2O2. The first-order valence-corrected chi connectivity index (χ1v) is 5.42. The van der Waals surface area contributed by atoms with Crippen LogP contribution >= 0.6 is 11.6 Å². The number of anilines is 1. The third-order valence-corrected chi connectivity index (χ3v) is 2.51. The minimum Gasteiger partial charge on any atom is -0.478 e. The number of carbonyl (C=O) groups is 1. The van der Waals surface area contributed by atoms with Crippen LogP contribution in [-0.4, -0.2) is 22.6 Å². The van der Waals surface area contributed by atoms with Crippen LogP contribution in [0.1, 0.15) is 0 Å². The van der Waals surface area contributed by atoms with E-state index >= 15 is 0 Å². The summed E-state index contributed by atoms with van der Waals surface area (Å²) in [6, 6.07) is 7.24. The summed E-state index contributed by atoms with van der Waals surface area (Å²) in [7, 11) is 0. The fourth-order valence-corrected chi connectivity index (χ4v) is 1.68. The van der Waals surface area contributed by atoms with Crippen molar-refractivity contribution >= 4 is 23.3 Å². The number of aliphatic carboxylic acids is 1. The number of carboxylic acids is 1. The maximum atomic E-state index is 10.8. The Morgan fingerprint density at radius 3 is 3.00 bits per heavy atom. The lowest BCUT2D eigenvalue weighted by Crippen LogP contribution is -2.30. The second-order valence-electron chi connectivity index (χ2n) is 3.59. The van der Waals surface area contributed by atoms with Crippen molar-refractivity contribution in [2.24, 2.45) is 0 Å². The number of allylic oxidation sites excluding steroid dienone is 2. The number of halogens is 1. The average molecular weight is 251 g/mol. The first-order valence-electron chi connectivity index (χ1n) is 5.05. The van der Waals surface area contributed by atoms with Gasteiger partial charge in [-0.25, -0.2) is 4.79 Å². The first kappa shape index (κ1) is 11.5. The number of hydrogen-bond acceptors (Lipinski definition) is 3. The quantitative estimate of drug-likeness (QED) is 0.866. The normalized spacial score (nSPS) is 14.4. The summed E-state index contributed by atoms with van der Waals surface area (Å²) >= 11 is 5.86. The molecular weight excluding hydrogens is 240 g/mol. The molecule has 0 saturated heterocycles. The topological polar surface area (TPSA) is 52.6 Å². The number of hydrazine groups is 1. The van der Waals surface area contributed by atoms with Gasteiger partial charge in [-0.1, -0.05) is 17.7 Å². The van der Waals surface area contributed by atoms with Crippen LogP contribution < -0.4 is 5.43 Å². The molecule has 0 radical (unpaired) electrons. The van der Waals surface area contributed by atoms with Crippen molar-refractivity contribution in [3.05, 3.63) is 53.2 Å². The third-order valence-electron chi connectivity index (χ3n) is 2.28. The molecule has 0 aromatic heterocycles. The van der Waals surface area contributed by atoms with Crippen LogP contribution in [0.4, 0.5) is 5.69 Å². The molecule has 17 heavy (non-hydrogen) atoms. The number of nitrogens with one attached hydrogen (secondary N) is 1. The van der Waals surface area contributed by atoms with Gasteiger partial charge >= 0.3 is 5.97 Å². The van der Waals surface area contributed by atoms with Gasteiger partial charge in [0, 0.05) is 11.2 Å². The Morgan fingerprint density at radius 2 is 2.29 bits per heavy atom. The van der Waals surface area contributed by atoms with Gasteiger partial charge < -0.3 is 5.11 Å².